The Labute approximate surface area is 201 Å². The van der Waals surface area contributed by atoms with Gasteiger partial charge in [-0.2, -0.15) is 0 Å². The molecule has 0 amide bonds. The molecule has 8 atom stereocenters. The molecule has 4 fully saturated rings. The Morgan fingerprint density at radius 3 is 2.24 bits per heavy atom. The van der Waals surface area contributed by atoms with E-state index in [1.165, 1.54) is 12.0 Å². The zero-order valence-electron chi connectivity index (χ0n) is 22.3. The van der Waals surface area contributed by atoms with Crippen LogP contribution in [0.1, 0.15) is 106 Å². The number of aliphatic hydroxyl groups is 2. The summed E-state index contributed by atoms with van der Waals surface area (Å²) < 4.78 is 0. The summed E-state index contributed by atoms with van der Waals surface area (Å²) in [6.45, 7) is 16.8. The lowest BCUT2D eigenvalue weighted by Gasteiger charge is -2.70. The Balaban J connectivity index is 1.63. The summed E-state index contributed by atoms with van der Waals surface area (Å²) >= 11 is 0. The molecule has 0 aromatic carbocycles. The number of carbonyl (C=O) groups excluding carboxylic acids is 1. The molecule has 33 heavy (non-hydrogen) atoms. The van der Waals surface area contributed by atoms with Crippen LogP contribution in [-0.4, -0.2) is 28.7 Å². The Morgan fingerprint density at radius 1 is 0.909 bits per heavy atom. The molecule has 186 valence electrons. The minimum Gasteiger partial charge on any atom is -0.396 e. The minimum atomic E-state index is -0.273. The van der Waals surface area contributed by atoms with Crippen molar-refractivity contribution in [2.75, 3.05) is 6.61 Å². The average Bonchev–Trinajstić information content (AvgIpc) is 2.72. The van der Waals surface area contributed by atoms with E-state index in [0.29, 0.717) is 17.6 Å². The van der Waals surface area contributed by atoms with Crippen molar-refractivity contribution in [2.24, 2.45) is 50.2 Å². The maximum Gasteiger partial charge on any atom is 0.159 e. The third-order valence-corrected chi connectivity index (χ3v) is 12.8. The third kappa shape index (κ3) is 2.90. The van der Waals surface area contributed by atoms with E-state index in [4.69, 9.17) is 0 Å². The first-order valence-corrected chi connectivity index (χ1v) is 13.7. The van der Waals surface area contributed by atoms with E-state index in [1.54, 1.807) is 0 Å². The average molecular weight is 457 g/mol. The van der Waals surface area contributed by atoms with Crippen LogP contribution in [0.2, 0.25) is 0 Å². The van der Waals surface area contributed by atoms with E-state index in [-0.39, 0.29) is 51.1 Å². The molecule has 0 spiro atoms. The van der Waals surface area contributed by atoms with Gasteiger partial charge in [-0.1, -0.05) is 54.0 Å². The van der Waals surface area contributed by atoms with Crippen LogP contribution >= 0.6 is 0 Å². The van der Waals surface area contributed by atoms with E-state index >= 15 is 0 Å². The molecule has 3 heteroatoms. The second kappa shape index (κ2) is 6.96. The zero-order chi connectivity index (χ0) is 24.2. The first-order valence-electron chi connectivity index (χ1n) is 13.7. The summed E-state index contributed by atoms with van der Waals surface area (Å²) in [7, 11) is 0. The van der Waals surface area contributed by atoms with Gasteiger partial charge in [-0.25, -0.2) is 0 Å². The summed E-state index contributed by atoms with van der Waals surface area (Å²) in [6.07, 6.45) is 11.2. The summed E-state index contributed by atoms with van der Waals surface area (Å²) in [4.78, 5) is 14.2. The van der Waals surface area contributed by atoms with Crippen molar-refractivity contribution >= 4 is 5.78 Å². The van der Waals surface area contributed by atoms with Crippen LogP contribution in [0.15, 0.2) is 11.6 Å². The minimum absolute atomic E-state index is 0.0104. The van der Waals surface area contributed by atoms with Crippen LogP contribution in [0, 0.1) is 50.2 Å². The van der Waals surface area contributed by atoms with Crippen molar-refractivity contribution < 1.29 is 15.0 Å². The lowest BCUT2D eigenvalue weighted by atomic mass is 9.33. The van der Waals surface area contributed by atoms with Crippen molar-refractivity contribution in [1.82, 2.24) is 0 Å². The van der Waals surface area contributed by atoms with Crippen molar-refractivity contribution in [3.63, 3.8) is 0 Å². The highest BCUT2D eigenvalue weighted by atomic mass is 16.3. The quantitative estimate of drug-likeness (QED) is 0.485. The van der Waals surface area contributed by atoms with Crippen molar-refractivity contribution in [2.45, 2.75) is 112 Å². The van der Waals surface area contributed by atoms with Gasteiger partial charge in [0.1, 0.15) is 0 Å². The molecule has 0 heterocycles. The molecular formula is C30H48O3. The topological polar surface area (TPSA) is 57.5 Å². The summed E-state index contributed by atoms with van der Waals surface area (Å²) in [6, 6.07) is 0. The maximum absolute atomic E-state index is 14.2. The van der Waals surface area contributed by atoms with Crippen LogP contribution in [0.3, 0.4) is 0 Å². The van der Waals surface area contributed by atoms with Gasteiger partial charge in [-0.3, -0.25) is 4.79 Å². The van der Waals surface area contributed by atoms with E-state index in [9.17, 15) is 15.0 Å². The van der Waals surface area contributed by atoms with Crippen LogP contribution in [0.5, 0.6) is 0 Å². The Morgan fingerprint density at radius 2 is 1.58 bits per heavy atom. The first-order chi connectivity index (χ1) is 15.2. The molecule has 5 rings (SSSR count). The Bertz CT molecular complexity index is 885. The molecule has 2 N–H and O–H groups in total. The molecule has 0 aromatic rings. The predicted molar refractivity (Wildman–Crippen MR) is 133 cm³/mol. The Hall–Kier alpha value is -0.670. The lowest BCUT2D eigenvalue weighted by Crippen LogP contribution is -2.66. The van der Waals surface area contributed by atoms with Gasteiger partial charge in [0.05, 0.1) is 6.10 Å². The highest BCUT2D eigenvalue weighted by molar-refractivity contribution is 5.95. The molecular weight excluding hydrogens is 408 g/mol. The molecule has 0 aliphatic heterocycles. The number of rotatable bonds is 1. The monoisotopic (exact) mass is 456 g/mol. The van der Waals surface area contributed by atoms with E-state index in [2.05, 4.69) is 54.5 Å². The summed E-state index contributed by atoms with van der Waals surface area (Å²) in [5, 5.41) is 21.5. The molecule has 0 aromatic heterocycles. The maximum atomic E-state index is 14.2. The second-order valence-corrected chi connectivity index (χ2v) is 15.1. The number of carbonyl (C=O) groups is 1. The number of allylic oxidation sites excluding steroid dienone is 2. The van der Waals surface area contributed by atoms with Gasteiger partial charge in [0.15, 0.2) is 5.78 Å². The number of fused-ring (bicyclic) bond motifs is 7. The van der Waals surface area contributed by atoms with Gasteiger partial charge in [-0.05, 0) is 103 Å². The standard InChI is InChI=1S/C30H48O3/c1-25(2)12-14-30(18-31)15-13-28(6)19(20(30)17-25)16-21(32)24-27(5)10-9-23(33)26(3,4)22(27)8-11-29(24,28)7/h16,20,22-24,31,33H,8-15,17-18H2,1-7H3/t20-,22+,23-,24+,27-,28+,29+,30+/m0/s1. The van der Waals surface area contributed by atoms with Gasteiger partial charge in [0.2, 0.25) is 0 Å². The predicted octanol–water partition coefficient (Wildman–Crippen LogP) is 6.32. The number of hydrogen-bond acceptors (Lipinski definition) is 3. The molecule has 5 aliphatic carbocycles. The van der Waals surface area contributed by atoms with Crippen LogP contribution in [0.4, 0.5) is 0 Å². The van der Waals surface area contributed by atoms with Gasteiger partial charge in [-0.15, -0.1) is 0 Å². The van der Waals surface area contributed by atoms with Crippen molar-refractivity contribution in [1.29, 1.82) is 0 Å². The van der Waals surface area contributed by atoms with Gasteiger partial charge in [0.25, 0.3) is 0 Å². The molecule has 0 bridgehead atoms. The number of aliphatic hydroxyl groups excluding tert-OH is 2. The Kier molecular flexibility index (Phi) is 5.07. The molecule has 5 aliphatic rings. The summed E-state index contributed by atoms with van der Waals surface area (Å²) in [5.41, 5.74) is 1.35. The van der Waals surface area contributed by atoms with Gasteiger partial charge in [0, 0.05) is 17.9 Å². The molecule has 4 saturated carbocycles. The molecule has 3 nitrogen and oxygen atoms in total. The fraction of sp³-hybridized carbons (Fsp3) is 0.900. The fourth-order valence-corrected chi connectivity index (χ4v) is 10.5. The number of ketones is 1. The van der Waals surface area contributed by atoms with Crippen molar-refractivity contribution in [3.05, 3.63) is 11.6 Å². The zero-order valence-corrected chi connectivity index (χ0v) is 22.3. The van der Waals surface area contributed by atoms with Crippen LogP contribution < -0.4 is 0 Å². The van der Waals surface area contributed by atoms with Crippen molar-refractivity contribution in [3.8, 4) is 0 Å². The SMILES string of the molecule is CC1(C)CC[C@]2(CO)CC[C@]3(C)C(=CC(=O)[C@@H]4[C@@]5(C)CC[C@H](O)C(C)(C)[C@H]5CC[C@]43C)[C@@H]2C1. The van der Waals surface area contributed by atoms with E-state index in [0.717, 1.165) is 51.4 Å². The first kappa shape index (κ1) is 24.0. The second-order valence-electron chi connectivity index (χ2n) is 15.1. The van der Waals surface area contributed by atoms with Crippen LogP contribution in [0.25, 0.3) is 0 Å². The lowest BCUT2D eigenvalue weighted by molar-refractivity contribution is -0.203. The number of hydrogen-bond donors (Lipinski definition) is 2. The highest BCUT2D eigenvalue weighted by Gasteiger charge is 2.70. The molecule has 0 radical (unpaired) electrons. The summed E-state index contributed by atoms with van der Waals surface area (Å²) in [5.74, 6) is 1.08. The van der Waals surface area contributed by atoms with Gasteiger partial charge >= 0.3 is 0 Å². The fourth-order valence-electron chi connectivity index (χ4n) is 10.5. The third-order valence-electron chi connectivity index (χ3n) is 12.8. The smallest absolute Gasteiger partial charge is 0.159 e. The molecule has 0 unspecified atom stereocenters. The van der Waals surface area contributed by atoms with Crippen LogP contribution in [-0.2, 0) is 4.79 Å². The van der Waals surface area contributed by atoms with E-state index < -0.39 is 0 Å². The largest absolute Gasteiger partial charge is 0.396 e. The van der Waals surface area contributed by atoms with Gasteiger partial charge < -0.3 is 10.2 Å². The van der Waals surface area contributed by atoms with E-state index in [1.807, 2.05) is 0 Å². The normalized spacial score (nSPS) is 52.6. The molecule has 0 saturated heterocycles. The highest BCUT2D eigenvalue weighted by Crippen LogP contribution is 2.75.